The predicted octanol–water partition coefficient (Wildman–Crippen LogP) is 5.34. The second kappa shape index (κ2) is 7.31. The van der Waals surface area contributed by atoms with Crippen LogP contribution in [0.2, 0.25) is 0 Å². The number of hydrogen-bond donors (Lipinski definition) is 1. The molecule has 0 saturated heterocycles. The molecule has 0 spiro atoms. The number of allylic oxidation sites excluding steroid dienone is 1. The Balaban J connectivity index is 2.19. The first-order valence-corrected chi connectivity index (χ1v) is 8.07. The highest BCUT2D eigenvalue weighted by Crippen LogP contribution is 2.22. The van der Waals surface area contributed by atoms with E-state index in [2.05, 4.69) is 64.1 Å². The highest BCUT2D eigenvalue weighted by atomic mass is 14.6. The maximum atomic E-state index is 6.17. The van der Waals surface area contributed by atoms with Crippen LogP contribution in [0.4, 0.5) is 5.69 Å². The van der Waals surface area contributed by atoms with Gasteiger partial charge in [-0.25, -0.2) is 0 Å². The maximum absolute atomic E-state index is 6.17. The number of aryl methyl sites for hydroxylation is 2. The summed E-state index contributed by atoms with van der Waals surface area (Å²) >= 11 is 0. The van der Waals surface area contributed by atoms with Crippen LogP contribution in [0.25, 0.3) is 6.08 Å². The Morgan fingerprint density at radius 2 is 1.73 bits per heavy atom. The Morgan fingerprint density at radius 3 is 2.36 bits per heavy atom. The van der Waals surface area contributed by atoms with Crippen molar-refractivity contribution in [1.82, 2.24) is 0 Å². The summed E-state index contributed by atoms with van der Waals surface area (Å²) in [6.07, 6.45) is 6.42. The number of rotatable bonds is 5. The Kier molecular flexibility index (Phi) is 5.43. The van der Waals surface area contributed by atoms with E-state index in [1.807, 2.05) is 12.1 Å². The first kappa shape index (κ1) is 16.4. The van der Waals surface area contributed by atoms with Gasteiger partial charge in [-0.05, 0) is 49.8 Å². The molecule has 0 aliphatic carbocycles. The minimum absolute atomic E-state index is 0.633. The van der Waals surface area contributed by atoms with E-state index in [1.54, 1.807) is 0 Å². The first-order valence-electron chi connectivity index (χ1n) is 8.07. The van der Waals surface area contributed by atoms with Crippen LogP contribution >= 0.6 is 0 Å². The molecule has 116 valence electrons. The van der Waals surface area contributed by atoms with E-state index in [1.165, 1.54) is 27.8 Å². The molecule has 1 nitrogen and oxygen atoms in total. The maximum Gasteiger partial charge on any atom is 0.0390 e. The molecule has 2 N–H and O–H groups in total. The van der Waals surface area contributed by atoms with Crippen LogP contribution in [-0.4, -0.2) is 0 Å². The summed E-state index contributed by atoms with van der Waals surface area (Å²) in [7, 11) is 0. The normalized spacial score (nSPS) is 11.5. The fourth-order valence-corrected chi connectivity index (χ4v) is 2.95. The Hall–Kier alpha value is -2.02. The van der Waals surface area contributed by atoms with Gasteiger partial charge in [0, 0.05) is 11.3 Å². The monoisotopic (exact) mass is 293 g/mol. The average Bonchev–Trinajstić information content (AvgIpc) is 2.40. The third-order valence-electron chi connectivity index (χ3n) is 3.78. The van der Waals surface area contributed by atoms with Crippen molar-refractivity contribution >= 4 is 11.8 Å². The summed E-state index contributed by atoms with van der Waals surface area (Å²) in [6, 6.07) is 12.9. The van der Waals surface area contributed by atoms with E-state index in [0.29, 0.717) is 5.92 Å². The first-order chi connectivity index (χ1) is 10.5. The minimum Gasteiger partial charge on any atom is -0.398 e. The van der Waals surface area contributed by atoms with Gasteiger partial charge < -0.3 is 5.73 Å². The zero-order valence-electron chi connectivity index (χ0n) is 14.2. The molecule has 0 fully saturated rings. The van der Waals surface area contributed by atoms with Crippen LogP contribution in [0.1, 0.15) is 41.7 Å². The lowest BCUT2D eigenvalue weighted by molar-refractivity contribution is 0.647. The van der Waals surface area contributed by atoms with Crippen LogP contribution in [0.5, 0.6) is 0 Å². The number of anilines is 1. The summed E-state index contributed by atoms with van der Waals surface area (Å²) < 4.78 is 0. The van der Waals surface area contributed by atoms with Gasteiger partial charge >= 0.3 is 0 Å². The molecule has 0 unspecified atom stereocenters. The Labute approximate surface area is 134 Å². The molecule has 2 aromatic carbocycles. The van der Waals surface area contributed by atoms with Gasteiger partial charge in [0.05, 0.1) is 0 Å². The van der Waals surface area contributed by atoms with Crippen molar-refractivity contribution in [2.24, 2.45) is 5.92 Å². The molecule has 2 rings (SSSR count). The van der Waals surface area contributed by atoms with Crippen LogP contribution < -0.4 is 5.73 Å². The van der Waals surface area contributed by atoms with Crippen LogP contribution in [0, 0.1) is 19.8 Å². The second-order valence-corrected chi connectivity index (χ2v) is 6.62. The zero-order valence-corrected chi connectivity index (χ0v) is 14.2. The van der Waals surface area contributed by atoms with Crippen LogP contribution in [-0.2, 0) is 12.8 Å². The molecule has 2 aromatic rings. The summed E-state index contributed by atoms with van der Waals surface area (Å²) in [6.45, 7) is 8.78. The fourth-order valence-electron chi connectivity index (χ4n) is 2.95. The van der Waals surface area contributed by atoms with Gasteiger partial charge in [0.25, 0.3) is 0 Å². The number of hydrogen-bond acceptors (Lipinski definition) is 1. The van der Waals surface area contributed by atoms with Gasteiger partial charge in [-0.15, -0.1) is 0 Å². The molecule has 0 aliphatic heterocycles. The van der Waals surface area contributed by atoms with Gasteiger partial charge in [0.15, 0.2) is 0 Å². The van der Waals surface area contributed by atoms with Crippen molar-refractivity contribution in [3.63, 3.8) is 0 Å². The van der Waals surface area contributed by atoms with Crippen LogP contribution in [0.15, 0.2) is 42.5 Å². The van der Waals surface area contributed by atoms with E-state index in [9.17, 15) is 0 Å². The third-order valence-corrected chi connectivity index (χ3v) is 3.78. The molecule has 0 amide bonds. The molecule has 0 atom stereocenters. The lowest BCUT2D eigenvalue weighted by atomic mass is 9.96. The van der Waals surface area contributed by atoms with Gasteiger partial charge in [0.1, 0.15) is 0 Å². The predicted molar refractivity (Wildman–Crippen MR) is 98.1 cm³/mol. The molecule has 0 saturated carbocycles. The van der Waals surface area contributed by atoms with E-state index in [-0.39, 0.29) is 0 Å². The lowest BCUT2D eigenvalue weighted by Crippen LogP contribution is -2.00. The highest BCUT2D eigenvalue weighted by Gasteiger charge is 2.05. The van der Waals surface area contributed by atoms with Crippen molar-refractivity contribution in [2.45, 2.75) is 40.5 Å². The van der Waals surface area contributed by atoms with E-state index in [0.717, 1.165) is 18.5 Å². The summed E-state index contributed by atoms with van der Waals surface area (Å²) in [5.74, 6) is 0.633. The SMILES string of the molecule is Cc1cc(C)cc(C/C=C\c2c(N)cccc2CC(C)C)c1. The standard InChI is InChI=1S/C21H27N/c1-15(2)11-19-8-6-10-21(22)20(19)9-5-7-18-13-16(3)12-17(4)14-18/h5-6,8-10,12-15H,7,11,22H2,1-4H3/b9-5-. The molecular weight excluding hydrogens is 266 g/mol. The van der Waals surface area contributed by atoms with Crippen molar-refractivity contribution in [3.8, 4) is 0 Å². The minimum atomic E-state index is 0.633. The molecule has 0 bridgehead atoms. The summed E-state index contributed by atoms with van der Waals surface area (Å²) in [4.78, 5) is 0. The van der Waals surface area contributed by atoms with Gasteiger partial charge in [-0.1, -0.05) is 67.5 Å². The van der Waals surface area contributed by atoms with E-state index in [4.69, 9.17) is 5.73 Å². The number of nitrogen functional groups attached to an aromatic ring is 1. The van der Waals surface area contributed by atoms with Crippen molar-refractivity contribution in [3.05, 3.63) is 70.3 Å². The van der Waals surface area contributed by atoms with Gasteiger partial charge in [-0.2, -0.15) is 0 Å². The van der Waals surface area contributed by atoms with Crippen molar-refractivity contribution in [2.75, 3.05) is 5.73 Å². The van der Waals surface area contributed by atoms with Gasteiger partial charge in [-0.3, -0.25) is 0 Å². The zero-order chi connectivity index (χ0) is 16.1. The number of nitrogens with two attached hydrogens (primary N) is 1. The molecule has 0 heterocycles. The topological polar surface area (TPSA) is 26.0 Å². The second-order valence-electron chi connectivity index (χ2n) is 6.62. The van der Waals surface area contributed by atoms with Gasteiger partial charge in [0.2, 0.25) is 0 Å². The third kappa shape index (κ3) is 4.49. The molecule has 1 heteroatoms. The molecule has 0 aromatic heterocycles. The fraction of sp³-hybridized carbons (Fsp3) is 0.333. The van der Waals surface area contributed by atoms with Crippen molar-refractivity contribution < 1.29 is 0 Å². The molecule has 0 aliphatic rings. The van der Waals surface area contributed by atoms with E-state index >= 15 is 0 Å². The molecule has 22 heavy (non-hydrogen) atoms. The largest absolute Gasteiger partial charge is 0.398 e. The quantitative estimate of drug-likeness (QED) is 0.740. The molecular formula is C21H27N. The average molecular weight is 293 g/mol. The van der Waals surface area contributed by atoms with Crippen molar-refractivity contribution in [1.29, 1.82) is 0 Å². The lowest BCUT2D eigenvalue weighted by Gasteiger charge is -2.11. The molecule has 0 radical (unpaired) electrons. The van der Waals surface area contributed by atoms with E-state index < -0.39 is 0 Å². The summed E-state index contributed by atoms with van der Waals surface area (Å²) in [5, 5.41) is 0. The Morgan fingerprint density at radius 1 is 1.05 bits per heavy atom. The highest BCUT2D eigenvalue weighted by molar-refractivity contribution is 5.68. The smallest absolute Gasteiger partial charge is 0.0390 e. The Bertz CT molecular complexity index is 645. The van der Waals surface area contributed by atoms with Crippen LogP contribution in [0.3, 0.4) is 0 Å². The summed E-state index contributed by atoms with van der Waals surface area (Å²) in [5.41, 5.74) is 13.6. The number of benzene rings is 2.